The summed E-state index contributed by atoms with van der Waals surface area (Å²) in [7, 11) is -2.07. The summed E-state index contributed by atoms with van der Waals surface area (Å²) in [6.45, 7) is -0.0195. The average molecular weight is 515 g/mol. The van der Waals surface area contributed by atoms with Crippen LogP contribution in [-0.4, -0.2) is 40.3 Å². The van der Waals surface area contributed by atoms with Gasteiger partial charge in [0.25, 0.3) is 11.5 Å². The van der Waals surface area contributed by atoms with Crippen molar-refractivity contribution < 1.29 is 27.2 Å². The number of amides is 1. The van der Waals surface area contributed by atoms with Gasteiger partial charge in [-0.2, -0.15) is 0 Å². The first-order valence-electron chi connectivity index (χ1n) is 10.6. The summed E-state index contributed by atoms with van der Waals surface area (Å²) in [6, 6.07) is 3.44. The van der Waals surface area contributed by atoms with Crippen LogP contribution < -0.4 is 15.9 Å². The first-order valence-corrected chi connectivity index (χ1v) is 12.6. The zero-order valence-electron chi connectivity index (χ0n) is 19.0. The number of carbonyl (C=O) groups is 1. The topological polar surface area (TPSA) is 137 Å². The van der Waals surface area contributed by atoms with E-state index in [-0.39, 0.29) is 40.3 Å². The molecule has 0 saturated heterocycles. The molecule has 3 aromatic heterocycles. The molecule has 1 aliphatic rings. The van der Waals surface area contributed by atoms with Crippen LogP contribution in [0.4, 0.5) is 20.3 Å². The van der Waals surface area contributed by atoms with E-state index in [0.29, 0.717) is 28.1 Å². The number of aryl methyl sites for hydroxylation is 1. The number of pyridine rings is 2. The van der Waals surface area contributed by atoms with Crippen LogP contribution in [0.15, 0.2) is 41.6 Å². The number of rotatable bonds is 4. The molecule has 5 rings (SSSR count). The van der Waals surface area contributed by atoms with Gasteiger partial charge in [0, 0.05) is 53.8 Å². The molecule has 0 spiro atoms. The van der Waals surface area contributed by atoms with E-state index >= 15 is 0 Å². The second-order valence-corrected chi connectivity index (χ2v) is 10.7. The number of aromatic nitrogens is 3. The first kappa shape index (κ1) is 23.6. The fraction of sp³-hybridized carbons (Fsp3) is 0.174. The van der Waals surface area contributed by atoms with Crippen LogP contribution in [0.2, 0.25) is 0 Å². The summed E-state index contributed by atoms with van der Waals surface area (Å²) in [4.78, 5) is 33.6. The summed E-state index contributed by atoms with van der Waals surface area (Å²) in [5.74, 6) is -3.61. The van der Waals surface area contributed by atoms with Gasteiger partial charge in [0.15, 0.2) is 21.5 Å². The molecule has 0 bridgehead atoms. The number of hydrogen-bond donors (Lipinski definition) is 3. The Morgan fingerprint density at radius 1 is 1.25 bits per heavy atom. The van der Waals surface area contributed by atoms with E-state index in [4.69, 9.17) is 0 Å². The number of benzene rings is 1. The number of anilines is 2. The minimum Gasteiger partial charge on any atom is -0.356 e. The number of halogens is 2. The van der Waals surface area contributed by atoms with Gasteiger partial charge in [-0.15, -0.1) is 0 Å². The Balaban J connectivity index is 1.91. The normalized spacial score (nSPS) is 13.0. The summed E-state index contributed by atoms with van der Waals surface area (Å²) >= 11 is 0. The maximum absolute atomic E-state index is 15.0. The van der Waals surface area contributed by atoms with Crippen LogP contribution in [0, 0.1) is 11.6 Å². The van der Waals surface area contributed by atoms with E-state index in [2.05, 4.69) is 9.97 Å². The van der Waals surface area contributed by atoms with Crippen molar-refractivity contribution in [2.45, 2.75) is 12.3 Å². The number of nitrogens with zero attached hydrogens (tertiary/aromatic N) is 3. The third-order valence-corrected chi connectivity index (χ3v) is 6.86. The molecule has 4 aromatic rings. The molecule has 1 aliphatic heterocycles. The van der Waals surface area contributed by atoms with Crippen molar-refractivity contribution in [1.82, 2.24) is 20.0 Å². The van der Waals surface area contributed by atoms with Gasteiger partial charge in [-0.1, -0.05) is 0 Å². The number of nitrogens with one attached hydrogen (secondary N) is 2. The van der Waals surface area contributed by atoms with Crippen LogP contribution >= 0.6 is 0 Å². The number of carbonyl (C=O) groups excluding carboxylic acids is 1. The van der Waals surface area contributed by atoms with E-state index in [1.807, 2.05) is 0 Å². The lowest BCUT2D eigenvalue weighted by Crippen LogP contribution is -2.24. The summed E-state index contributed by atoms with van der Waals surface area (Å²) in [6.07, 6.45) is 5.00. The molecular weight excluding hydrogens is 496 g/mol. The lowest BCUT2D eigenvalue weighted by molar-refractivity contribution is 0.0705. The Bertz CT molecular complexity index is 1750. The molecule has 0 atom stereocenters. The molecule has 36 heavy (non-hydrogen) atoms. The first-order chi connectivity index (χ1) is 17.0. The molecule has 0 unspecified atom stereocenters. The number of aromatic amines is 1. The number of H-pyrrole nitrogens is 1. The predicted octanol–water partition coefficient (Wildman–Crippen LogP) is 2.52. The lowest BCUT2D eigenvalue weighted by Gasteiger charge is -2.26. The fourth-order valence-corrected chi connectivity index (χ4v) is 5.36. The van der Waals surface area contributed by atoms with E-state index in [9.17, 15) is 32.0 Å². The van der Waals surface area contributed by atoms with Gasteiger partial charge in [-0.3, -0.25) is 14.8 Å². The number of hydroxylamine groups is 1. The molecule has 3 N–H and O–H groups in total. The largest absolute Gasteiger partial charge is 0.356 e. The summed E-state index contributed by atoms with van der Waals surface area (Å²) in [5.41, 5.74) is 3.13. The molecule has 186 valence electrons. The smallest absolute Gasteiger partial charge is 0.275 e. The van der Waals surface area contributed by atoms with E-state index in [0.717, 1.165) is 12.5 Å². The highest BCUT2D eigenvalue weighted by molar-refractivity contribution is 7.89. The van der Waals surface area contributed by atoms with Gasteiger partial charge in [0.2, 0.25) is 0 Å². The van der Waals surface area contributed by atoms with Crippen molar-refractivity contribution in [3.63, 3.8) is 0 Å². The van der Waals surface area contributed by atoms with Gasteiger partial charge < -0.3 is 14.5 Å². The zero-order chi connectivity index (χ0) is 25.9. The Kier molecular flexibility index (Phi) is 5.41. The van der Waals surface area contributed by atoms with Crippen molar-refractivity contribution in [2.75, 3.05) is 11.2 Å². The second kappa shape index (κ2) is 8.24. The van der Waals surface area contributed by atoms with E-state index < -0.39 is 33.1 Å². The zero-order valence-corrected chi connectivity index (χ0v) is 19.8. The minimum absolute atomic E-state index is 0.0195. The Hall–Kier alpha value is -4.10. The molecule has 0 fully saturated rings. The molecule has 13 heteroatoms. The highest BCUT2D eigenvalue weighted by Gasteiger charge is 2.30. The Labute approximate surface area is 202 Å². The molecule has 0 aliphatic carbocycles. The lowest BCUT2D eigenvalue weighted by atomic mass is 9.96. The molecule has 10 nitrogen and oxygen atoms in total. The Morgan fingerprint density at radius 3 is 2.67 bits per heavy atom. The van der Waals surface area contributed by atoms with Crippen LogP contribution in [0.1, 0.15) is 21.5 Å². The van der Waals surface area contributed by atoms with Crippen molar-refractivity contribution >= 4 is 38.2 Å². The third-order valence-electron chi connectivity index (χ3n) is 6.03. The molecular formula is C23H19F2N5O5S. The van der Waals surface area contributed by atoms with Crippen LogP contribution in [0.25, 0.3) is 22.0 Å². The Morgan fingerprint density at radius 2 is 2.00 bits per heavy atom. The monoisotopic (exact) mass is 515 g/mol. The number of hydrogen-bond acceptors (Lipinski definition) is 7. The molecule has 1 amide bonds. The van der Waals surface area contributed by atoms with Crippen LogP contribution in [-0.2, 0) is 29.2 Å². The van der Waals surface area contributed by atoms with Crippen LogP contribution in [0.5, 0.6) is 0 Å². The van der Waals surface area contributed by atoms with Crippen molar-refractivity contribution in [3.8, 4) is 11.1 Å². The van der Waals surface area contributed by atoms with E-state index in [1.165, 1.54) is 27.1 Å². The van der Waals surface area contributed by atoms with Crippen LogP contribution in [0.3, 0.4) is 0 Å². The summed E-state index contributed by atoms with van der Waals surface area (Å²) < 4.78 is 54.3. The van der Waals surface area contributed by atoms with E-state index in [1.54, 1.807) is 19.4 Å². The highest BCUT2D eigenvalue weighted by Crippen LogP contribution is 2.44. The maximum atomic E-state index is 15.0. The standard InChI is InChI=1S/C23H19F2N5O5S/c1-29-9-16-15-3-11(10-36(2,34)35)14(22(31)28-33)5-18(15)30(21-17(25)4-13(24)7-27-21)8-12-6-26-20(19(12)16)23(29)32/h3-7,9,26,33H,8,10H2,1-2H3,(H,28,31). The average Bonchev–Trinajstić information content (AvgIpc) is 3.17. The highest BCUT2D eigenvalue weighted by atomic mass is 32.2. The van der Waals surface area contributed by atoms with Gasteiger partial charge in [-0.05, 0) is 23.3 Å². The van der Waals surface area contributed by atoms with Crippen molar-refractivity contribution in [2.24, 2.45) is 7.05 Å². The SMILES string of the molecule is Cn1cc2c3c(c[nH]c3c1=O)CN(c1ncc(F)cc1F)c1cc(C(=O)NO)c(CS(C)(=O)=O)cc1-2. The molecule has 1 aromatic carbocycles. The van der Waals surface area contributed by atoms with Gasteiger partial charge >= 0.3 is 0 Å². The number of sulfone groups is 1. The summed E-state index contributed by atoms with van der Waals surface area (Å²) in [5, 5.41) is 9.84. The molecule has 4 heterocycles. The minimum atomic E-state index is -3.62. The number of fused-ring (bicyclic) bond motifs is 2. The van der Waals surface area contributed by atoms with Crippen molar-refractivity contribution in [1.29, 1.82) is 0 Å². The van der Waals surface area contributed by atoms with Crippen molar-refractivity contribution in [3.05, 3.63) is 75.5 Å². The predicted molar refractivity (Wildman–Crippen MR) is 127 cm³/mol. The quantitative estimate of drug-likeness (QED) is 0.281. The van der Waals surface area contributed by atoms with Gasteiger partial charge in [0.1, 0.15) is 11.3 Å². The third kappa shape index (κ3) is 3.82. The second-order valence-electron chi connectivity index (χ2n) is 8.61. The fourth-order valence-electron chi connectivity index (χ4n) is 4.56. The maximum Gasteiger partial charge on any atom is 0.275 e. The molecule has 0 radical (unpaired) electrons. The van der Waals surface area contributed by atoms with Gasteiger partial charge in [-0.25, -0.2) is 27.7 Å². The molecule has 0 saturated carbocycles. The van der Waals surface area contributed by atoms with Gasteiger partial charge in [0.05, 0.1) is 24.2 Å².